The summed E-state index contributed by atoms with van der Waals surface area (Å²) in [5, 5.41) is 9.67. The number of amides is 1. The molecule has 1 atom stereocenters. The largest absolute Gasteiger partial charge is 0.384 e. The molecule has 1 unspecified atom stereocenters. The maximum absolute atomic E-state index is 11.0. The molecule has 0 aromatic carbocycles. The zero-order valence-corrected chi connectivity index (χ0v) is 8.46. The first-order chi connectivity index (χ1) is 5.07. The molecule has 0 spiro atoms. The Morgan fingerprint density at radius 2 is 1.75 bits per heavy atom. The van der Waals surface area contributed by atoms with E-state index < -0.39 is 17.6 Å². The van der Waals surface area contributed by atoms with Crippen LogP contribution in [0, 0.1) is 0 Å². The number of carbonyl (C=O) groups is 1. The molecular formula is C8H19N2O2+. The van der Waals surface area contributed by atoms with Crippen molar-refractivity contribution in [3.05, 3.63) is 0 Å². The summed E-state index contributed by atoms with van der Waals surface area (Å²) >= 11 is 0. The van der Waals surface area contributed by atoms with Crippen LogP contribution >= 0.6 is 0 Å². The Labute approximate surface area is 73.6 Å². The van der Waals surface area contributed by atoms with Crippen molar-refractivity contribution >= 4 is 5.91 Å². The van der Waals surface area contributed by atoms with Gasteiger partial charge < -0.3 is 15.3 Å². The molecule has 1 amide bonds. The quantitative estimate of drug-likeness (QED) is 0.558. The molecule has 0 saturated carbocycles. The monoisotopic (exact) mass is 175 g/mol. The van der Waals surface area contributed by atoms with Crippen molar-refractivity contribution in [2.75, 3.05) is 21.1 Å². The molecule has 0 saturated heterocycles. The first kappa shape index (κ1) is 11.4. The van der Waals surface area contributed by atoms with Gasteiger partial charge in [-0.1, -0.05) is 0 Å². The molecule has 12 heavy (non-hydrogen) atoms. The molecule has 4 heteroatoms. The smallest absolute Gasteiger partial charge is 0.278 e. The summed E-state index contributed by atoms with van der Waals surface area (Å²) < 4.78 is 0.332. The second-order valence-electron chi connectivity index (χ2n) is 4.57. The lowest BCUT2D eigenvalue weighted by atomic mass is 9.96. The number of nitrogens with two attached hydrogens (primary N) is 1. The fourth-order valence-corrected chi connectivity index (χ4v) is 1.68. The molecule has 0 bridgehead atoms. The summed E-state index contributed by atoms with van der Waals surface area (Å²) in [6.07, 6.45) is 0. The van der Waals surface area contributed by atoms with Crippen LogP contribution in [0.3, 0.4) is 0 Å². The molecule has 0 aromatic rings. The summed E-state index contributed by atoms with van der Waals surface area (Å²) in [6.45, 7) is 3.18. The molecule has 0 heterocycles. The van der Waals surface area contributed by atoms with Gasteiger partial charge in [0.25, 0.3) is 5.91 Å². The van der Waals surface area contributed by atoms with Crippen molar-refractivity contribution in [3.63, 3.8) is 0 Å². The van der Waals surface area contributed by atoms with Gasteiger partial charge in [-0.15, -0.1) is 0 Å². The van der Waals surface area contributed by atoms with Gasteiger partial charge in [0.2, 0.25) is 0 Å². The third-order valence-electron chi connectivity index (χ3n) is 1.71. The maximum Gasteiger partial charge on any atom is 0.278 e. The Kier molecular flexibility index (Phi) is 2.88. The highest BCUT2D eigenvalue weighted by Crippen LogP contribution is 2.17. The van der Waals surface area contributed by atoms with Gasteiger partial charge in [-0.2, -0.15) is 0 Å². The van der Waals surface area contributed by atoms with Crippen molar-refractivity contribution in [2.45, 2.75) is 25.5 Å². The molecule has 72 valence electrons. The van der Waals surface area contributed by atoms with Gasteiger partial charge in [-0.05, 0) is 13.8 Å². The van der Waals surface area contributed by atoms with Gasteiger partial charge >= 0.3 is 0 Å². The predicted molar refractivity (Wildman–Crippen MR) is 47.3 cm³/mol. The first-order valence-corrected chi connectivity index (χ1v) is 3.89. The van der Waals surface area contributed by atoms with Crippen molar-refractivity contribution in [3.8, 4) is 0 Å². The number of carbonyl (C=O) groups excluding carboxylic acids is 1. The topological polar surface area (TPSA) is 63.3 Å². The van der Waals surface area contributed by atoms with Crippen LogP contribution in [-0.2, 0) is 4.79 Å². The van der Waals surface area contributed by atoms with Crippen molar-refractivity contribution in [1.82, 2.24) is 0 Å². The third-order valence-corrected chi connectivity index (χ3v) is 1.71. The highest BCUT2D eigenvalue weighted by atomic mass is 16.3. The van der Waals surface area contributed by atoms with Crippen molar-refractivity contribution < 1.29 is 14.4 Å². The van der Waals surface area contributed by atoms with Gasteiger partial charge in [0.1, 0.15) is 5.60 Å². The predicted octanol–water partition coefficient (Wildman–Crippen LogP) is -0.683. The molecule has 3 N–H and O–H groups in total. The number of hydrogen-bond acceptors (Lipinski definition) is 2. The van der Waals surface area contributed by atoms with Crippen LogP contribution < -0.4 is 5.73 Å². The van der Waals surface area contributed by atoms with Crippen LogP contribution in [0.1, 0.15) is 13.8 Å². The van der Waals surface area contributed by atoms with Crippen LogP contribution in [0.2, 0.25) is 0 Å². The highest BCUT2D eigenvalue weighted by Gasteiger charge is 2.42. The number of rotatable bonds is 3. The Morgan fingerprint density at radius 1 is 1.42 bits per heavy atom. The first-order valence-electron chi connectivity index (χ1n) is 3.89. The summed E-state index contributed by atoms with van der Waals surface area (Å²) in [5.41, 5.74) is 4.12. The van der Waals surface area contributed by atoms with E-state index >= 15 is 0 Å². The maximum atomic E-state index is 11.0. The molecular weight excluding hydrogens is 156 g/mol. The average molecular weight is 175 g/mol. The van der Waals surface area contributed by atoms with Crippen molar-refractivity contribution in [2.24, 2.45) is 5.73 Å². The van der Waals surface area contributed by atoms with Crippen LogP contribution in [0.15, 0.2) is 0 Å². The fraction of sp³-hybridized carbons (Fsp3) is 0.875. The molecule has 0 aliphatic heterocycles. The molecule has 0 aliphatic carbocycles. The van der Waals surface area contributed by atoms with Gasteiger partial charge in [0.15, 0.2) is 6.04 Å². The zero-order chi connectivity index (χ0) is 10.2. The minimum atomic E-state index is -1.08. The van der Waals surface area contributed by atoms with Crippen LogP contribution in [-0.4, -0.2) is 48.3 Å². The number of primary amides is 1. The lowest BCUT2D eigenvalue weighted by Gasteiger charge is -2.38. The average Bonchev–Trinajstić information content (AvgIpc) is 1.49. The summed E-state index contributed by atoms with van der Waals surface area (Å²) in [7, 11) is 5.48. The zero-order valence-electron chi connectivity index (χ0n) is 8.46. The van der Waals surface area contributed by atoms with E-state index in [1.165, 1.54) is 0 Å². The minimum absolute atomic E-state index is 0.332. The second kappa shape index (κ2) is 3.03. The van der Waals surface area contributed by atoms with Crippen molar-refractivity contribution in [1.29, 1.82) is 0 Å². The van der Waals surface area contributed by atoms with Gasteiger partial charge in [0.05, 0.1) is 21.1 Å². The van der Waals surface area contributed by atoms with Crippen LogP contribution in [0.4, 0.5) is 0 Å². The molecule has 0 aliphatic rings. The molecule has 4 nitrogen and oxygen atoms in total. The highest BCUT2D eigenvalue weighted by molar-refractivity contribution is 5.80. The Hall–Kier alpha value is -0.610. The summed E-state index contributed by atoms with van der Waals surface area (Å²) in [5.74, 6) is -0.477. The van der Waals surface area contributed by atoms with Gasteiger partial charge in [-0.25, -0.2) is 0 Å². The second-order valence-corrected chi connectivity index (χ2v) is 4.57. The fourth-order valence-electron chi connectivity index (χ4n) is 1.68. The van der Waals surface area contributed by atoms with E-state index in [0.29, 0.717) is 4.48 Å². The standard InChI is InChI=1S/C8H18N2O2/c1-8(2,12)6(7(9)11)10(3,4)5/h6,12H,1-5H3,(H-,9,11)/p+1. The lowest BCUT2D eigenvalue weighted by molar-refractivity contribution is -0.893. The van der Waals surface area contributed by atoms with Gasteiger partial charge in [0, 0.05) is 0 Å². The van der Waals surface area contributed by atoms with E-state index in [0.717, 1.165) is 0 Å². The van der Waals surface area contributed by atoms with E-state index in [-0.39, 0.29) is 0 Å². The third kappa shape index (κ3) is 2.79. The Bertz CT molecular complexity index is 162. The Morgan fingerprint density at radius 3 is 1.75 bits per heavy atom. The summed E-state index contributed by atoms with van der Waals surface area (Å²) in [6, 6.07) is -0.586. The summed E-state index contributed by atoms with van der Waals surface area (Å²) in [4.78, 5) is 11.0. The number of quaternary nitrogens is 1. The number of nitrogens with zero attached hydrogens (tertiary/aromatic N) is 1. The van der Waals surface area contributed by atoms with E-state index in [4.69, 9.17) is 5.73 Å². The molecule has 0 fully saturated rings. The van der Waals surface area contributed by atoms with Gasteiger partial charge in [-0.3, -0.25) is 4.79 Å². The SMILES string of the molecule is CC(C)(O)C(C(N)=O)[N+](C)(C)C. The number of likely N-dealkylation sites (N-methyl/N-ethyl adjacent to an activating group) is 1. The molecule has 0 rings (SSSR count). The van der Waals surface area contributed by atoms with Crippen LogP contribution in [0.25, 0.3) is 0 Å². The van der Waals surface area contributed by atoms with E-state index in [1.807, 2.05) is 21.1 Å². The minimum Gasteiger partial charge on any atom is -0.384 e. The molecule has 0 radical (unpaired) electrons. The van der Waals surface area contributed by atoms with E-state index in [2.05, 4.69) is 0 Å². The Balaban J connectivity index is 4.82. The number of hydrogen-bond donors (Lipinski definition) is 2. The molecule has 0 aromatic heterocycles. The van der Waals surface area contributed by atoms with Crippen LogP contribution in [0.5, 0.6) is 0 Å². The van der Waals surface area contributed by atoms with E-state index in [1.54, 1.807) is 13.8 Å². The lowest BCUT2D eigenvalue weighted by Crippen LogP contribution is -2.62. The van der Waals surface area contributed by atoms with E-state index in [9.17, 15) is 9.90 Å². The number of aliphatic hydroxyl groups is 1. The normalized spacial score (nSPS) is 15.8.